The van der Waals surface area contributed by atoms with Crippen LogP contribution in [0.25, 0.3) is 5.65 Å². The summed E-state index contributed by atoms with van der Waals surface area (Å²) in [4.78, 5) is 22.1. The van der Waals surface area contributed by atoms with Crippen LogP contribution in [0, 0.1) is 0 Å². The number of fused-ring (bicyclic) bond motifs is 1. The quantitative estimate of drug-likeness (QED) is 0.669. The van der Waals surface area contributed by atoms with Gasteiger partial charge in [0.1, 0.15) is 13.7 Å². The summed E-state index contributed by atoms with van der Waals surface area (Å²) in [5, 5.41) is 7.72. The third-order valence-corrected chi connectivity index (χ3v) is 4.87. The Bertz CT molecular complexity index is 959. The lowest BCUT2D eigenvalue weighted by Gasteiger charge is -2.31. The summed E-state index contributed by atoms with van der Waals surface area (Å²) in [6.45, 7) is 1.86. The fourth-order valence-corrected chi connectivity index (χ4v) is 3.45. The van der Waals surface area contributed by atoms with Gasteiger partial charge in [-0.15, -0.1) is 0 Å². The summed E-state index contributed by atoms with van der Waals surface area (Å²) in [5.41, 5.74) is 8.53. The number of amides is 2. The van der Waals surface area contributed by atoms with Gasteiger partial charge in [0, 0.05) is 50.2 Å². The van der Waals surface area contributed by atoms with Gasteiger partial charge in [0.25, 0.3) is 0 Å². The van der Waals surface area contributed by atoms with Gasteiger partial charge in [-0.25, -0.2) is 9.78 Å². The number of pyridine rings is 1. The summed E-state index contributed by atoms with van der Waals surface area (Å²) in [7, 11) is 6.06. The van der Waals surface area contributed by atoms with Crippen molar-refractivity contribution in [3.63, 3.8) is 0 Å². The first-order chi connectivity index (χ1) is 13.1. The summed E-state index contributed by atoms with van der Waals surface area (Å²) in [6, 6.07) is 5.49. The highest BCUT2D eigenvalue weighted by Gasteiger charge is 2.25. The topological polar surface area (TPSA) is 101 Å². The molecule has 3 aromatic rings. The number of hydrogen-bond donors (Lipinski definition) is 2. The molecular weight excluding hydrogens is 341 g/mol. The van der Waals surface area contributed by atoms with Crippen LogP contribution in [0.4, 0.5) is 10.6 Å². The Morgan fingerprint density at radius 3 is 3.07 bits per heavy atom. The zero-order chi connectivity index (χ0) is 18.8. The molecule has 3 N–H and O–H groups in total. The second-order valence-corrected chi connectivity index (χ2v) is 6.74. The number of aromatic nitrogens is 4. The Kier molecular flexibility index (Phi) is 4.66. The maximum absolute atomic E-state index is 11.6. The molecule has 0 spiro atoms. The van der Waals surface area contributed by atoms with Crippen molar-refractivity contribution in [2.75, 3.05) is 18.4 Å². The van der Waals surface area contributed by atoms with E-state index in [4.69, 9.17) is 18.6 Å². The maximum atomic E-state index is 11.6. The molecule has 9 heteroatoms. The highest BCUT2D eigenvalue weighted by Crippen LogP contribution is 2.27. The number of nitrogens with two attached hydrogens (primary N) is 1. The summed E-state index contributed by atoms with van der Waals surface area (Å²) in [6.07, 6.45) is 7.00. The van der Waals surface area contributed by atoms with Gasteiger partial charge < -0.3 is 16.0 Å². The van der Waals surface area contributed by atoms with Gasteiger partial charge in [-0.2, -0.15) is 9.61 Å². The molecule has 2 radical (unpaired) electrons. The van der Waals surface area contributed by atoms with Gasteiger partial charge in [0.15, 0.2) is 5.65 Å². The number of hydrogen-bond acceptors (Lipinski definition) is 5. The number of urea groups is 1. The minimum atomic E-state index is -0.389. The molecule has 1 saturated heterocycles. The van der Waals surface area contributed by atoms with Crippen molar-refractivity contribution in [1.82, 2.24) is 24.5 Å². The molecule has 1 aliphatic heterocycles. The van der Waals surface area contributed by atoms with E-state index in [0.717, 1.165) is 29.9 Å². The van der Waals surface area contributed by atoms with Gasteiger partial charge in [-0.3, -0.25) is 4.98 Å². The molecule has 4 heterocycles. The SMILES string of the molecule is [B]c1cnn2c(NCc3cccnc3)cc(C3CCCN(C(N)=O)C3)nc12. The first-order valence-electron chi connectivity index (χ1n) is 8.93. The van der Waals surface area contributed by atoms with Crippen LogP contribution in [0.2, 0.25) is 0 Å². The molecule has 0 aromatic carbocycles. The Morgan fingerprint density at radius 1 is 1.41 bits per heavy atom. The number of carbonyl (C=O) groups excluding carboxylic acids is 1. The van der Waals surface area contributed by atoms with E-state index in [-0.39, 0.29) is 11.9 Å². The fraction of sp³-hybridized carbons (Fsp3) is 0.333. The predicted octanol–water partition coefficient (Wildman–Crippen LogP) is 0.788. The predicted molar refractivity (Wildman–Crippen MR) is 103 cm³/mol. The highest BCUT2D eigenvalue weighted by atomic mass is 16.2. The maximum Gasteiger partial charge on any atom is 0.314 e. The summed E-state index contributed by atoms with van der Waals surface area (Å²) < 4.78 is 1.70. The number of carbonyl (C=O) groups is 1. The smallest absolute Gasteiger partial charge is 0.314 e. The van der Waals surface area contributed by atoms with Crippen LogP contribution in [-0.2, 0) is 6.54 Å². The van der Waals surface area contributed by atoms with Crippen LogP contribution in [0.15, 0.2) is 36.8 Å². The molecule has 1 aliphatic rings. The number of anilines is 1. The van der Waals surface area contributed by atoms with E-state index in [9.17, 15) is 4.79 Å². The van der Waals surface area contributed by atoms with Crippen molar-refractivity contribution in [1.29, 1.82) is 0 Å². The van der Waals surface area contributed by atoms with Crippen LogP contribution >= 0.6 is 0 Å². The Labute approximate surface area is 158 Å². The van der Waals surface area contributed by atoms with Gasteiger partial charge in [0.2, 0.25) is 0 Å². The lowest BCUT2D eigenvalue weighted by molar-refractivity contribution is 0.188. The first kappa shape index (κ1) is 17.3. The molecule has 1 fully saturated rings. The summed E-state index contributed by atoms with van der Waals surface area (Å²) in [5.74, 6) is 0.913. The minimum Gasteiger partial charge on any atom is -0.366 e. The molecule has 136 valence electrons. The Morgan fingerprint density at radius 2 is 2.30 bits per heavy atom. The van der Waals surface area contributed by atoms with Gasteiger partial charge in [0.05, 0.1) is 5.69 Å². The normalized spacial score (nSPS) is 17.2. The second kappa shape index (κ2) is 7.26. The first-order valence-corrected chi connectivity index (χ1v) is 8.93. The number of piperidine rings is 1. The third-order valence-electron chi connectivity index (χ3n) is 4.87. The molecule has 0 bridgehead atoms. The fourth-order valence-electron chi connectivity index (χ4n) is 3.45. The van der Waals surface area contributed by atoms with Crippen LogP contribution < -0.4 is 16.5 Å². The molecule has 0 aliphatic carbocycles. The molecule has 8 nitrogen and oxygen atoms in total. The third kappa shape index (κ3) is 3.58. The largest absolute Gasteiger partial charge is 0.366 e. The molecule has 1 atom stereocenters. The average molecular weight is 361 g/mol. The average Bonchev–Trinajstić information content (AvgIpc) is 3.08. The standard InChI is InChI=1S/C18H20BN7O/c19-14-10-23-26-16(22-9-12-3-1-5-21-8-12)7-15(24-17(14)26)13-4-2-6-25(11-13)18(20)27/h1,3,5,7-8,10,13,22H,2,4,6,9,11H2,(H2,20,27). The van der Waals surface area contributed by atoms with E-state index < -0.39 is 0 Å². The molecule has 0 saturated carbocycles. The lowest BCUT2D eigenvalue weighted by atomic mass is 9.94. The molecule has 3 aromatic heterocycles. The van der Waals surface area contributed by atoms with Crippen LogP contribution in [0.1, 0.15) is 30.0 Å². The minimum absolute atomic E-state index is 0.115. The number of likely N-dealkylation sites (tertiary alicyclic amines) is 1. The van der Waals surface area contributed by atoms with Crippen LogP contribution in [0.5, 0.6) is 0 Å². The number of nitrogens with zero attached hydrogens (tertiary/aromatic N) is 5. The van der Waals surface area contributed by atoms with Crippen LogP contribution in [-0.4, -0.2) is 51.4 Å². The highest BCUT2D eigenvalue weighted by molar-refractivity contribution is 6.36. The van der Waals surface area contributed by atoms with E-state index in [1.807, 2.05) is 24.4 Å². The lowest BCUT2D eigenvalue weighted by Crippen LogP contribution is -2.42. The molecule has 4 rings (SSSR count). The van der Waals surface area contributed by atoms with E-state index in [1.54, 1.807) is 21.8 Å². The monoisotopic (exact) mass is 361 g/mol. The van der Waals surface area contributed by atoms with Crippen LogP contribution in [0.3, 0.4) is 0 Å². The Hall–Kier alpha value is -3.10. The zero-order valence-electron chi connectivity index (χ0n) is 14.9. The number of nitrogens with one attached hydrogen (secondary N) is 1. The van der Waals surface area contributed by atoms with Gasteiger partial charge in [-0.05, 0) is 29.9 Å². The second-order valence-electron chi connectivity index (χ2n) is 6.74. The number of rotatable bonds is 4. The van der Waals surface area contributed by atoms with E-state index in [1.165, 1.54) is 0 Å². The van der Waals surface area contributed by atoms with E-state index in [0.29, 0.717) is 30.7 Å². The van der Waals surface area contributed by atoms with E-state index in [2.05, 4.69) is 15.4 Å². The van der Waals surface area contributed by atoms with Crippen molar-refractivity contribution in [2.45, 2.75) is 25.3 Å². The zero-order valence-corrected chi connectivity index (χ0v) is 14.9. The molecule has 2 amide bonds. The molecule has 27 heavy (non-hydrogen) atoms. The molecular formula is C18H20BN7O. The van der Waals surface area contributed by atoms with Crippen molar-refractivity contribution < 1.29 is 4.79 Å². The van der Waals surface area contributed by atoms with Crippen molar-refractivity contribution >= 4 is 30.8 Å². The van der Waals surface area contributed by atoms with Crippen molar-refractivity contribution in [3.8, 4) is 0 Å². The van der Waals surface area contributed by atoms with Crippen molar-refractivity contribution in [2.24, 2.45) is 5.73 Å². The van der Waals surface area contributed by atoms with Gasteiger partial charge in [-0.1, -0.05) is 6.07 Å². The van der Waals surface area contributed by atoms with Gasteiger partial charge >= 0.3 is 6.03 Å². The Balaban J connectivity index is 1.65. The molecule has 1 unspecified atom stereocenters. The van der Waals surface area contributed by atoms with Crippen molar-refractivity contribution in [3.05, 3.63) is 48.0 Å². The number of primary amides is 1. The van der Waals surface area contributed by atoms with E-state index >= 15 is 0 Å². The summed E-state index contributed by atoms with van der Waals surface area (Å²) >= 11 is 0.